The molecule has 2 saturated heterocycles. The van der Waals surface area contributed by atoms with Crippen molar-refractivity contribution in [3.8, 4) is 0 Å². The lowest BCUT2D eigenvalue weighted by molar-refractivity contribution is -0.151. The molecule has 276 valence electrons. The van der Waals surface area contributed by atoms with Gasteiger partial charge in [0.1, 0.15) is 11.7 Å². The van der Waals surface area contributed by atoms with E-state index < -0.39 is 36.0 Å². The van der Waals surface area contributed by atoms with Crippen LogP contribution in [-0.4, -0.2) is 119 Å². The maximum Gasteiger partial charge on any atom is 0.410 e. The van der Waals surface area contributed by atoms with Crippen molar-refractivity contribution >= 4 is 18.2 Å². The van der Waals surface area contributed by atoms with Gasteiger partial charge >= 0.3 is 18.2 Å². The summed E-state index contributed by atoms with van der Waals surface area (Å²) in [5.41, 5.74) is -0.684. The van der Waals surface area contributed by atoms with Crippen molar-refractivity contribution in [2.75, 3.05) is 45.9 Å². The van der Waals surface area contributed by atoms with Crippen LogP contribution in [0.15, 0.2) is 36.0 Å². The summed E-state index contributed by atoms with van der Waals surface area (Å²) in [6.07, 6.45) is 15.5. The summed E-state index contributed by atoms with van der Waals surface area (Å²) >= 11 is 0. The minimum Gasteiger partial charge on any atom is -0.457 e. The van der Waals surface area contributed by atoms with E-state index in [9.17, 15) is 24.6 Å². The number of aliphatic hydroxyl groups is 2. The number of nitrogens with zero attached hydrogens (tertiary/aromatic N) is 3. The van der Waals surface area contributed by atoms with Crippen molar-refractivity contribution in [3.05, 3.63) is 36.0 Å². The largest absolute Gasteiger partial charge is 0.457 e. The first-order valence-electron chi connectivity index (χ1n) is 18.7. The summed E-state index contributed by atoms with van der Waals surface area (Å²) in [5, 5.41) is 22.2. The molecule has 1 aliphatic carbocycles. The van der Waals surface area contributed by atoms with Gasteiger partial charge in [0.15, 0.2) is 6.10 Å². The molecule has 0 radical (unpaired) electrons. The van der Waals surface area contributed by atoms with Gasteiger partial charge in [-0.1, -0.05) is 63.8 Å². The van der Waals surface area contributed by atoms with E-state index >= 15 is 0 Å². The van der Waals surface area contributed by atoms with E-state index in [4.69, 9.17) is 14.2 Å². The number of likely N-dealkylation sites (tertiary alicyclic amines) is 1. The fraction of sp³-hybridized carbons (Fsp3) is 0.763. The van der Waals surface area contributed by atoms with Gasteiger partial charge in [-0.25, -0.2) is 9.59 Å². The molecule has 3 aliphatic heterocycles. The van der Waals surface area contributed by atoms with Gasteiger partial charge in [0, 0.05) is 57.1 Å². The minimum absolute atomic E-state index is 0.0145. The molecule has 49 heavy (non-hydrogen) atoms. The molecule has 11 heteroatoms. The summed E-state index contributed by atoms with van der Waals surface area (Å²) in [4.78, 5) is 44.5. The molecule has 6 atom stereocenters. The van der Waals surface area contributed by atoms with E-state index in [0.717, 1.165) is 44.6 Å². The average molecular weight is 688 g/mol. The minimum atomic E-state index is -1.46. The number of ether oxygens (including phenoxy) is 3. The Morgan fingerprint density at radius 3 is 2.31 bits per heavy atom. The van der Waals surface area contributed by atoms with Gasteiger partial charge in [-0.05, 0) is 64.0 Å². The fourth-order valence-electron chi connectivity index (χ4n) is 7.27. The molecule has 3 fully saturated rings. The number of esters is 1. The summed E-state index contributed by atoms with van der Waals surface area (Å²) in [6, 6.07) is 0.589. The lowest BCUT2D eigenvalue weighted by Gasteiger charge is -2.40. The predicted octanol–water partition coefficient (Wildman–Crippen LogP) is 5.60. The maximum atomic E-state index is 13.4. The number of piperazine rings is 1. The molecule has 0 aromatic carbocycles. The zero-order valence-electron chi connectivity index (χ0n) is 30.3. The van der Waals surface area contributed by atoms with Crippen LogP contribution in [0.3, 0.4) is 0 Å². The highest BCUT2D eigenvalue weighted by Crippen LogP contribution is 2.28. The Bertz CT molecular complexity index is 1160. The van der Waals surface area contributed by atoms with Gasteiger partial charge in [-0.3, -0.25) is 9.69 Å². The lowest BCUT2D eigenvalue weighted by atomic mass is 9.89. The number of hydrogen-bond acceptors (Lipinski definition) is 9. The molecule has 11 nitrogen and oxygen atoms in total. The Kier molecular flexibility index (Phi) is 15.0. The lowest BCUT2D eigenvalue weighted by Crippen LogP contribution is -2.53. The first-order valence-corrected chi connectivity index (χ1v) is 18.7. The van der Waals surface area contributed by atoms with Crippen LogP contribution >= 0.6 is 0 Å². The highest BCUT2D eigenvalue weighted by Gasteiger charge is 2.37. The predicted molar refractivity (Wildman–Crippen MR) is 188 cm³/mol. The molecule has 3 heterocycles. The van der Waals surface area contributed by atoms with Crippen molar-refractivity contribution < 1.29 is 38.8 Å². The number of carbonyl (C=O) groups is 3. The zero-order valence-corrected chi connectivity index (χ0v) is 30.3. The van der Waals surface area contributed by atoms with E-state index in [2.05, 4.69) is 4.90 Å². The number of rotatable bonds is 7. The van der Waals surface area contributed by atoms with E-state index in [1.165, 1.54) is 38.5 Å². The number of cyclic esters (lactones) is 1. The average Bonchev–Trinajstić information content (AvgIpc) is 3.49. The van der Waals surface area contributed by atoms with Crippen LogP contribution in [0, 0.1) is 11.8 Å². The second kappa shape index (κ2) is 18.9. The van der Waals surface area contributed by atoms with Gasteiger partial charge in [-0.2, -0.15) is 0 Å². The van der Waals surface area contributed by atoms with E-state index in [1.54, 1.807) is 22.8 Å². The topological polar surface area (TPSA) is 129 Å². The van der Waals surface area contributed by atoms with Crippen LogP contribution in [0.1, 0.15) is 98.3 Å². The maximum absolute atomic E-state index is 13.4. The van der Waals surface area contributed by atoms with Crippen molar-refractivity contribution in [1.29, 1.82) is 0 Å². The van der Waals surface area contributed by atoms with Crippen molar-refractivity contribution in [2.24, 2.45) is 11.8 Å². The quantitative estimate of drug-likeness (QED) is 0.116. The van der Waals surface area contributed by atoms with E-state index in [0.29, 0.717) is 19.1 Å². The van der Waals surface area contributed by atoms with Gasteiger partial charge < -0.3 is 34.2 Å². The number of carbonyl (C=O) groups excluding carboxylic acids is 3. The summed E-state index contributed by atoms with van der Waals surface area (Å²) in [5.74, 6) is -0.869. The van der Waals surface area contributed by atoms with Crippen LogP contribution in [0.4, 0.5) is 9.59 Å². The first-order chi connectivity index (χ1) is 23.4. The molecule has 2 amide bonds. The SMILES string of the molecule is C/C(=C\C=C\[C@@H](C)COC(=O)N1CCCC1)[C@H]1OC(=O)C[C@@H](O)CC[C@](C)(O)C(OC(=O)N2CCN(C3CCCCCC3)CC2)/C=C/[C@@H]1C. The van der Waals surface area contributed by atoms with E-state index in [-0.39, 0.29) is 43.8 Å². The Labute approximate surface area is 293 Å². The zero-order chi connectivity index (χ0) is 35.4. The third kappa shape index (κ3) is 12.1. The Balaban J connectivity index is 1.40. The second-order valence-corrected chi connectivity index (χ2v) is 14.9. The van der Waals surface area contributed by atoms with Crippen molar-refractivity contribution in [3.63, 3.8) is 0 Å². The molecule has 4 rings (SSSR count). The number of allylic oxidation sites excluding steroid dienone is 2. The van der Waals surface area contributed by atoms with Gasteiger partial charge in [-0.15, -0.1) is 0 Å². The molecule has 0 spiro atoms. The number of hydrogen-bond donors (Lipinski definition) is 2. The normalized spacial score (nSPS) is 31.7. The second-order valence-electron chi connectivity index (χ2n) is 14.9. The number of aliphatic hydroxyl groups excluding tert-OH is 1. The molecule has 1 unspecified atom stereocenters. The van der Waals surface area contributed by atoms with Crippen LogP contribution in [0.2, 0.25) is 0 Å². The van der Waals surface area contributed by atoms with E-state index in [1.807, 2.05) is 45.1 Å². The van der Waals surface area contributed by atoms with Gasteiger partial charge in [0.05, 0.1) is 19.1 Å². The van der Waals surface area contributed by atoms with Gasteiger partial charge in [0.25, 0.3) is 0 Å². The fourth-order valence-corrected chi connectivity index (χ4v) is 7.27. The molecule has 4 aliphatic rings. The Morgan fingerprint density at radius 2 is 1.63 bits per heavy atom. The number of amides is 2. The van der Waals surface area contributed by atoms with Crippen LogP contribution in [0.25, 0.3) is 0 Å². The molecule has 0 aromatic rings. The standard InChI is InChI=1S/C38H61N3O8/c1-28(27-47-36(44)40-20-9-10-21-40)12-11-13-29(2)35-30(3)16-17-33(38(4,46)19-18-32(42)26-34(43)49-35)48-37(45)41-24-22-39(23-25-41)31-14-7-5-6-8-15-31/h11-13,16-17,28,30-33,35,42,46H,5-10,14-15,18-27H2,1-4H3/b12-11+,17-16+,29-13+/t28-,30+,32+,33?,35-,38+/m1/s1. The third-order valence-electron chi connectivity index (χ3n) is 10.5. The summed E-state index contributed by atoms with van der Waals surface area (Å²) in [6.45, 7) is 11.9. The highest BCUT2D eigenvalue weighted by atomic mass is 16.6. The molecular weight excluding hydrogens is 626 g/mol. The van der Waals surface area contributed by atoms with Crippen molar-refractivity contribution in [1.82, 2.24) is 14.7 Å². The van der Waals surface area contributed by atoms with Crippen molar-refractivity contribution in [2.45, 2.75) is 128 Å². The highest BCUT2D eigenvalue weighted by molar-refractivity contribution is 5.70. The molecule has 2 N–H and O–H groups in total. The molecular formula is C38H61N3O8. The Morgan fingerprint density at radius 1 is 0.980 bits per heavy atom. The summed E-state index contributed by atoms with van der Waals surface area (Å²) in [7, 11) is 0. The smallest absolute Gasteiger partial charge is 0.410 e. The van der Waals surface area contributed by atoms with Crippen LogP contribution in [-0.2, 0) is 19.0 Å². The Hall–Kier alpha value is -2.89. The third-order valence-corrected chi connectivity index (χ3v) is 10.5. The molecule has 1 saturated carbocycles. The van der Waals surface area contributed by atoms with Gasteiger partial charge in [0.2, 0.25) is 0 Å². The van der Waals surface area contributed by atoms with Crippen LogP contribution in [0.5, 0.6) is 0 Å². The monoisotopic (exact) mass is 687 g/mol. The molecule has 0 aromatic heterocycles. The first kappa shape index (κ1) is 38.9. The summed E-state index contributed by atoms with van der Waals surface area (Å²) < 4.78 is 17.3. The van der Waals surface area contributed by atoms with Crippen LogP contribution < -0.4 is 0 Å². The molecule has 0 bridgehead atoms.